The lowest BCUT2D eigenvalue weighted by molar-refractivity contribution is 0.0481. The summed E-state index contributed by atoms with van der Waals surface area (Å²) in [5.41, 5.74) is 1.56. The number of rotatable bonds is 7. The maximum Gasteiger partial charge on any atom is 0.214 e. The van der Waals surface area contributed by atoms with Gasteiger partial charge in [0.2, 0.25) is 10.0 Å². The van der Waals surface area contributed by atoms with Crippen LogP contribution in [0.5, 0.6) is 11.5 Å². The van der Waals surface area contributed by atoms with Crippen molar-refractivity contribution in [1.29, 1.82) is 0 Å². The van der Waals surface area contributed by atoms with Gasteiger partial charge in [0, 0.05) is 18.5 Å². The van der Waals surface area contributed by atoms with E-state index in [0.717, 1.165) is 22.6 Å². The molecule has 1 aliphatic rings. The average Bonchev–Trinajstić information content (AvgIpc) is 2.64. The second-order valence-corrected chi connectivity index (χ2v) is 10.0. The molecule has 2 aromatic carbocycles. The minimum absolute atomic E-state index is 0.0529. The smallest absolute Gasteiger partial charge is 0.214 e. The minimum Gasteiger partial charge on any atom is -0.492 e. The van der Waals surface area contributed by atoms with Crippen LogP contribution < -0.4 is 9.47 Å². The molecule has 5 nitrogen and oxygen atoms in total. The van der Waals surface area contributed by atoms with Crippen molar-refractivity contribution in [2.75, 3.05) is 18.9 Å². The lowest BCUT2D eigenvalue weighted by Crippen LogP contribution is -2.45. The molecule has 0 N–H and O–H groups in total. The van der Waals surface area contributed by atoms with Gasteiger partial charge in [-0.3, -0.25) is 0 Å². The number of ether oxygens (including phenoxy) is 2. The van der Waals surface area contributed by atoms with E-state index in [4.69, 9.17) is 9.47 Å². The molecule has 0 bridgehead atoms. The molecule has 0 saturated heterocycles. The number of sulfonamides is 1. The van der Waals surface area contributed by atoms with Crippen molar-refractivity contribution in [1.82, 2.24) is 4.31 Å². The quantitative estimate of drug-likeness (QED) is 0.691. The van der Waals surface area contributed by atoms with Gasteiger partial charge in [-0.15, -0.1) is 0 Å². The van der Waals surface area contributed by atoms with Gasteiger partial charge in [0.25, 0.3) is 0 Å². The van der Waals surface area contributed by atoms with E-state index in [1.807, 2.05) is 69.3 Å². The van der Waals surface area contributed by atoms with Crippen LogP contribution in [0.2, 0.25) is 0 Å². The summed E-state index contributed by atoms with van der Waals surface area (Å²) in [5.74, 6) is 1.55. The summed E-state index contributed by atoms with van der Waals surface area (Å²) in [4.78, 5) is 0. The van der Waals surface area contributed by atoms with Crippen molar-refractivity contribution >= 4 is 10.0 Å². The Morgan fingerprint density at radius 1 is 1.18 bits per heavy atom. The zero-order chi connectivity index (χ0) is 20.4. The van der Waals surface area contributed by atoms with Gasteiger partial charge in [-0.2, -0.15) is 4.31 Å². The molecule has 0 aromatic heterocycles. The molecular formula is C22H29NO4S. The lowest BCUT2D eigenvalue weighted by atomic mass is 9.89. The van der Waals surface area contributed by atoms with E-state index in [1.165, 1.54) is 0 Å². The third-order valence-corrected chi connectivity index (χ3v) is 6.87. The van der Waals surface area contributed by atoms with Crippen LogP contribution in [0.15, 0.2) is 48.5 Å². The van der Waals surface area contributed by atoms with Gasteiger partial charge in [-0.05, 0) is 51.5 Å². The van der Waals surface area contributed by atoms with Gasteiger partial charge < -0.3 is 9.47 Å². The zero-order valence-corrected chi connectivity index (χ0v) is 17.8. The van der Waals surface area contributed by atoms with Crippen molar-refractivity contribution in [3.63, 3.8) is 0 Å². The van der Waals surface area contributed by atoms with Crippen LogP contribution in [0.1, 0.15) is 44.4 Å². The summed E-state index contributed by atoms with van der Waals surface area (Å²) < 4.78 is 39.4. The topological polar surface area (TPSA) is 55.8 Å². The van der Waals surface area contributed by atoms with Crippen LogP contribution in [0.3, 0.4) is 0 Å². The molecule has 0 aliphatic carbocycles. The average molecular weight is 404 g/mol. The summed E-state index contributed by atoms with van der Waals surface area (Å²) >= 11 is 0. The van der Waals surface area contributed by atoms with Gasteiger partial charge in [-0.25, -0.2) is 8.42 Å². The Balaban J connectivity index is 1.89. The Kier molecular flexibility index (Phi) is 6.01. The Morgan fingerprint density at radius 3 is 2.57 bits per heavy atom. The Morgan fingerprint density at radius 2 is 1.89 bits per heavy atom. The maximum atomic E-state index is 13.0. The van der Waals surface area contributed by atoms with Crippen molar-refractivity contribution in [2.24, 2.45) is 0 Å². The predicted octanol–water partition coefficient (Wildman–Crippen LogP) is 4.33. The summed E-state index contributed by atoms with van der Waals surface area (Å²) in [6.07, 6.45) is 0.591. The molecule has 0 fully saturated rings. The van der Waals surface area contributed by atoms with Crippen molar-refractivity contribution in [3.05, 3.63) is 59.7 Å². The largest absolute Gasteiger partial charge is 0.492 e. The Bertz CT molecular complexity index is 909. The van der Waals surface area contributed by atoms with E-state index >= 15 is 0 Å². The first-order valence-electron chi connectivity index (χ1n) is 9.69. The molecular weight excluding hydrogens is 374 g/mol. The molecule has 28 heavy (non-hydrogen) atoms. The highest BCUT2D eigenvalue weighted by Gasteiger charge is 2.40. The molecule has 1 unspecified atom stereocenters. The van der Waals surface area contributed by atoms with Gasteiger partial charge >= 0.3 is 0 Å². The van der Waals surface area contributed by atoms with Crippen LogP contribution >= 0.6 is 0 Å². The molecule has 0 saturated carbocycles. The maximum absolute atomic E-state index is 13.0. The van der Waals surface area contributed by atoms with E-state index in [0.29, 0.717) is 19.6 Å². The lowest BCUT2D eigenvalue weighted by Gasteiger charge is -2.42. The summed E-state index contributed by atoms with van der Waals surface area (Å²) in [6, 6.07) is 15.2. The van der Waals surface area contributed by atoms with Crippen molar-refractivity contribution in [2.45, 2.75) is 45.8 Å². The fourth-order valence-electron chi connectivity index (χ4n) is 3.60. The normalized spacial score (nSPS) is 18.4. The molecule has 1 atom stereocenters. The molecule has 0 spiro atoms. The molecule has 3 rings (SSSR count). The summed E-state index contributed by atoms with van der Waals surface area (Å²) in [7, 11) is -3.42. The number of para-hydroxylation sites is 1. The predicted molar refractivity (Wildman–Crippen MR) is 111 cm³/mol. The van der Waals surface area contributed by atoms with Gasteiger partial charge in [0.15, 0.2) is 0 Å². The standard InChI is InChI=1S/C22H29NO4S/c1-5-28(24,25)23(13-14-26-18-9-7-6-8-10-18)20-16-22(3,4)27-21-15-17(2)11-12-19(20)21/h6-12,15,20H,5,13-14,16H2,1-4H3. The van der Waals surface area contributed by atoms with Crippen LogP contribution in [0, 0.1) is 6.92 Å². The fraction of sp³-hybridized carbons (Fsp3) is 0.455. The highest BCUT2D eigenvalue weighted by molar-refractivity contribution is 7.89. The van der Waals surface area contributed by atoms with E-state index < -0.39 is 15.6 Å². The zero-order valence-electron chi connectivity index (χ0n) is 17.0. The van der Waals surface area contributed by atoms with Crippen molar-refractivity contribution < 1.29 is 17.9 Å². The third kappa shape index (κ3) is 4.67. The Labute approximate surface area is 168 Å². The second-order valence-electron chi connectivity index (χ2n) is 7.80. The molecule has 2 aromatic rings. The van der Waals surface area contributed by atoms with Crippen LogP contribution in [0.4, 0.5) is 0 Å². The number of nitrogens with zero attached hydrogens (tertiary/aromatic N) is 1. The summed E-state index contributed by atoms with van der Waals surface area (Å²) in [6.45, 7) is 8.28. The van der Waals surface area contributed by atoms with Crippen LogP contribution in [0.25, 0.3) is 0 Å². The first kappa shape index (κ1) is 20.7. The monoisotopic (exact) mass is 403 g/mol. The molecule has 1 heterocycles. The highest BCUT2D eigenvalue weighted by Crippen LogP contribution is 2.43. The molecule has 0 radical (unpaired) electrons. The van der Waals surface area contributed by atoms with Crippen molar-refractivity contribution in [3.8, 4) is 11.5 Å². The number of hydrogen-bond acceptors (Lipinski definition) is 4. The SMILES string of the molecule is CCS(=O)(=O)N(CCOc1ccccc1)C1CC(C)(C)Oc2cc(C)ccc21. The van der Waals surface area contributed by atoms with Crippen LogP contribution in [-0.2, 0) is 10.0 Å². The number of hydrogen-bond donors (Lipinski definition) is 0. The summed E-state index contributed by atoms with van der Waals surface area (Å²) in [5, 5.41) is 0. The highest BCUT2D eigenvalue weighted by atomic mass is 32.2. The van der Waals surface area contributed by atoms with E-state index in [2.05, 4.69) is 0 Å². The number of fused-ring (bicyclic) bond motifs is 1. The minimum atomic E-state index is -3.42. The molecule has 0 amide bonds. The molecule has 152 valence electrons. The third-order valence-electron chi connectivity index (χ3n) is 4.99. The molecule has 1 aliphatic heterocycles. The van der Waals surface area contributed by atoms with Gasteiger partial charge in [0.1, 0.15) is 23.7 Å². The van der Waals surface area contributed by atoms with E-state index in [9.17, 15) is 8.42 Å². The first-order chi connectivity index (χ1) is 13.2. The van der Waals surface area contributed by atoms with Crippen LogP contribution in [-0.4, -0.2) is 37.2 Å². The first-order valence-corrected chi connectivity index (χ1v) is 11.3. The number of aryl methyl sites for hydroxylation is 1. The van der Waals surface area contributed by atoms with E-state index in [-0.39, 0.29) is 11.8 Å². The second kappa shape index (κ2) is 8.13. The fourth-order valence-corrected chi connectivity index (χ4v) is 4.86. The van der Waals surface area contributed by atoms with E-state index in [1.54, 1.807) is 11.2 Å². The van der Waals surface area contributed by atoms with Gasteiger partial charge in [-0.1, -0.05) is 30.3 Å². The Hall–Kier alpha value is -2.05. The van der Waals surface area contributed by atoms with Gasteiger partial charge in [0.05, 0.1) is 11.8 Å². The molecule has 6 heteroatoms. The number of benzene rings is 2.